The van der Waals surface area contributed by atoms with Gasteiger partial charge < -0.3 is 10.2 Å². The molecule has 2 aromatic heterocycles. The van der Waals surface area contributed by atoms with Crippen LogP contribution in [0.2, 0.25) is 0 Å². The third-order valence-electron chi connectivity index (χ3n) is 5.02. The van der Waals surface area contributed by atoms with Crippen molar-refractivity contribution in [2.24, 2.45) is 0 Å². The second-order valence-electron chi connectivity index (χ2n) is 6.92. The van der Waals surface area contributed by atoms with Gasteiger partial charge in [0.25, 0.3) is 5.91 Å². The van der Waals surface area contributed by atoms with Crippen molar-refractivity contribution in [2.45, 2.75) is 12.8 Å². The summed E-state index contributed by atoms with van der Waals surface area (Å²) in [7, 11) is 0. The van der Waals surface area contributed by atoms with E-state index >= 15 is 0 Å². The molecule has 0 atom stereocenters. The quantitative estimate of drug-likeness (QED) is 0.590. The number of nitrogens with one attached hydrogen (secondary N) is 1. The Morgan fingerprint density at radius 2 is 1.46 bits per heavy atom. The molecule has 0 unspecified atom stereocenters. The number of para-hydroxylation sites is 3. The molecule has 1 fully saturated rings. The maximum atomic E-state index is 12.9. The largest absolute Gasteiger partial charge is 0.354 e. The summed E-state index contributed by atoms with van der Waals surface area (Å²) in [6.07, 6.45) is 2.24. The van der Waals surface area contributed by atoms with E-state index in [0.29, 0.717) is 11.5 Å². The Labute approximate surface area is 162 Å². The Hall–Kier alpha value is -3.54. The minimum absolute atomic E-state index is 0.282. The molecule has 1 saturated heterocycles. The lowest BCUT2D eigenvalue weighted by molar-refractivity contribution is 0.102. The minimum atomic E-state index is -0.282. The van der Waals surface area contributed by atoms with E-state index in [1.165, 1.54) is 0 Å². The van der Waals surface area contributed by atoms with E-state index in [2.05, 4.69) is 20.2 Å². The van der Waals surface area contributed by atoms with Crippen LogP contribution in [0, 0.1) is 0 Å². The standard InChI is InChI=1S/C22H19N5O/c28-22(19-12-11-15-7-1-2-8-16(15)23-19)26-20-21(27-13-5-6-14-27)25-18-10-4-3-9-17(18)24-20/h1-4,7-12H,5-6,13-14H2,(H,24,26,28). The summed E-state index contributed by atoms with van der Waals surface area (Å²) in [5.41, 5.74) is 2.74. The van der Waals surface area contributed by atoms with Crippen molar-refractivity contribution in [3.8, 4) is 0 Å². The van der Waals surface area contributed by atoms with Gasteiger partial charge >= 0.3 is 0 Å². The van der Waals surface area contributed by atoms with E-state index < -0.39 is 0 Å². The van der Waals surface area contributed by atoms with Crippen molar-refractivity contribution >= 4 is 39.5 Å². The molecule has 1 aliphatic heterocycles. The van der Waals surface area contributed by atoms with Gasteiger partial charge in [0.2, 0.25) is 0 Å². The number of benzene rings is 2. The fourth-order valence-corrected chi connectivity index (χ4v) is 3.59. The number of carbonyl (C=O) groups is 1. The number of nitrogens with zero attached hydrogens (tertiary/aromatic N) is 4. The number of carbonyl (C=O) groups excluding carboxylic acids is 1. The molecule has 4 aromatic rings. The van der Waals surface area contributed by atoms with Crippen LogP contribution in [-0.4, -0.2) is 33.9 Å². The number of fused-ring (bicyclic) bond motifs is 2. The SMILES string of the molecule is O=C(Nc1nc2ccccc2nc1N1CCCC1)c1ccc2ccccc2n1. The average Bonchev–Trinajstić information content (AvgIpc) is 3.27. The molecular formula is C22H19N5O. The van der Waals surface area contributed by atoms with Crippen LogP contribution in [-0.2, 0) is 0 Å². The molecule has 28 heavy (non-hydrogen) atoms. The first-order chi connectivity index (χ1) is 13.8. The van der Waals surface area contributed by atoms with Crippen molar-refractivity contribution in [3.63, 3.8) is 0 Å². The van der Waals surface area contributed by atoms with Crippen molar-refractivity contribution in [1.29, 1.82) is 0 Å². The average molecular weight is 369 g/mol. The van der Waals surface area contributed by atoms with Crippen molar-refractivity contribution in [3.05, 3.63) is 66.4 Å². The summed E-state index contributed by atoms with van der Waals surface area (Å²) < 4.78 is 0. The monoisotopic (exact) mass is 369 g/mol. The highest BCUT2D eigenvalue weighted by molar-refractivity contribution is 6.05. The third-order valence-corrected chi connectivity index (χ3v) is 5.02. The number of amides is 1. The second kappa shape index (κ2) is 6.88. The number of rotatable bonds is 3. The fraction of sp³-hybridized carbons (Fsp3) is 0.182. The van der Waals surface area contributed by atoms with E-state index in [1.807, 2.05) is 54.6 Å². The summed E-state index contributed by atoms with van der Waals surface area (Å²) in [6, 6.07) is 19.1. The lowest BCUT2D eigenvalue weighted by Crippen LogP contribution is -2.23. The Bertz CT molecular complexity index is 1180. The van der Waals surface area contributed by atoms with Crippen LogP contribution < -0.4 is 10.2 Å². The van der Waals surface area contributed by atoms with Crippen LogP contribution in [0.1, 0.15) is 23.3 Å². The third kappa shape index (κ3) is 3.03. The normalized spacial score (nSPS) is 13.9. The lowest BCUT2D eigenvalue weighted by Gasteiger charge is -2.20. The topological polar surface area (TPSA) is 71.0 Å². The molecular weight excluding hydrogens is 350 g/mol. The summed E-state index contributed by atoms with van der Waals surface area (Å²) in [5.74, 6) is 0.932. The maximum Gasteiger partial charge on any atom is 0.275 e. The summed E-state index contributed by atoms with van der Waals surface area (Å²) in [5, 5.41) is 3.95. The van der Waals surface area contributed by atoms with E-state index in [9.17, 15) is 4.79 Å². The molecule has 0 aliphatic carbocycles. The van der Waals surface area contributed by atoms with Crippen molar-refractivity contribution in [2.75, 3.05) is 23.3 Å². The zero-order valence-corrected chi connectivity index (χ0v) is 15.3. The van der Waals surface area contributed by atoms with E-state index in [4.69, 9.17) is 4.98 Å². The van der Waals surface area contributed by atoms with Crippen LogP contribution in [0.15, 0.2) is 60.7 Å². The van der Waals surface area contributed by atoms with Gasteiger partial charge in [0.1, 0.15) is 5.69 Å². The molecule has 0 saturated carbocycles. The van der Waals surface area contributed by atoms with Crippen LogP contribution >= 0.6 is 0 Å². The molecule has 138 valence electrons. The molecule has 1 aliphatic rings. The van der Waals surface area contributed by atoms with Gasteiger partial charge in [-0.1, -0.05) is 36.4 Å². The van der Waals surface area contributed by atoms with Gasteiger partial charge in [-0.05, 0) is 37.1 Å². The van der Waals surface area contributed by atoms with Gasteiger partial charge in [-0.3, -0.25) is 4.79 Å². The Morgan fingerprint density at radius 1 is 0.786 bits per heavy atom. The first-order valence-corrected chi connectivity index (χ1v) is 9.47. The zero-order chi connectivity index (χ0) is 18.9. The Balaban J connectivity index is 1.53. The number of hydrogen-bond acceptors (Lipinski definition) is 5. The highest BCUT2D eigenvalue weighted by atomic mass is 16.2. The first kappa shape index (κ1) is 16.6. The van der Waals surface area contributed by atoms with Crippen LogP contribution in [0.25, 0.3) is 21.9 Å². The van der Waals surface area contributed by atoms with Gasteiger partial charge in [0, 0.05) is 18.5 Å². The summed E-state index contributed by atoms with van der Waals surface area (Å²) >= 11 is 0. The molecule has 5 rings (SSSR count). The van der Waals surface area contributed by atoms with Gasteiger partial charge in [-0.25, -0.2) is 15.0 Å². The Kier molecular flexibility index (Phi) is 4.09. The lowest BCUT2D eigenvalue weighted by atomic mass is 10.2. The van der Waals surface area contributed by atoms with Crippen LogP contribution in [0.5, 0.6) is 0 Å². The summed E-state index contributed by atoms with van der Waals surface area (Å²) in [4.78, 5) is 29.0. The molecule has 6 heteroatoms. The predicted octanol–water partition coefficient (Wildman–Crippen LogP) is 4.03. The fourth-order valence-electron chi connectivity index (χ4n) is 3.59. The smallest absolute Gasteiger partial charge is 0.275 e. The first-order valence-electron chi connectivity index (χ1n) is 9.47. The molecule has 1 amide bonds. The Morgan fingerprint density at radius 3 is 2.25 bits per heavy atom. The van der Waals surface area contributed by atoms with Gasteiger partial charge in [-0.15, -0.1) is 0 Å². The van der Waals surface area contributed by atoms with E-state index in [0.717, 1.165) is 53.7 Å². The molecule has 0 bridgehead atoms. The molecule has 1 N–H and O–H groups in total. The minimum Gasteiger partial charge on any atom is -0.354 e. The van der Waals surface area contributed by atoms with Gasteiger partial charge in [-0.2, -0.15) is 0 Å². The van der Waals surface area contributed by atoms with Crippen molar-refractivity contribution < 1.29 is 4.79 Å². The highest BCUT2D eigenvalue weighted by Crippen LogP contribution is 2.28. The highest BCUT2D eigenvalue weighted by Gasteiger charge is 2.21. The number of aromatic nitrogens is 3. The molecule has 0 radical (unpaired) electrons. The van der Waals surface area contributed by atoms with Crippen LogP contribution in [0.4, 0.5) is 11.6 Å². The van der Waals surface area contributed by atoms with E-state index in [1.54, 1.807) is 6.07 Å². The van der Waals surface area contributed by atoms with E-state index in [-0.39, 0.29) is 5.91 Å². The predicted molar refractivity (Wildman–Crippen MR) is 111 cm³/mol. The van der Waals surface area contributed by atoms with Crippen molar-refractivity contribution in [1.82, 2.24) is 15.0 Å². The molecule has 6 nitrogen and oxygen atoms in total. The molecule has 2 aromatic carbocycles. The number of anilines is 2. The molecule has 0 spiro atoms. The molecule has 3 heterocycles. The van der Waals surface area contributed by atoms with Gasteiger partial charge in [0.15, 0.2) is 11.6 Å². The van der Waals surface area contributed by atoms with Crippen LogP contribution in [0.3, 0.4) is 0 Å². The maximum absolute atomic E-state index is 12.9. The summed E-state index contributed by atoms with van der Waals surface area (Å²) in [6.45, 7) is 1.84. The number of hydrogen-bond donors (Lipinski definition) is 1. The van der Waals surface area contributed by atoms with Gasteiger partial charge in [0.05, 0.1) is 16.6 Å². The number of pyridine rings is 1. The second-order valence-corrected chi connectivity index (χ2v) is 6.92. The zero-order valence-electron chi connectivity index (χ0n) is 15.3.